The lowest BCUT2D eigenvalue weighted by molar-refractivity contribution is -0.385. The number of anilines is 4. The van der Waals surface area contributed by atoms with Gasteiger partial charge in [0.05, 0.1) is 11.1 Å². The van der Waals surface area contributed by atoms with Crippen LogP contribution < -0.4 is 15.2 Å². The number of hydrogen-bond donors (Lipinski definition) is 1. The maximum atomic E-state index is 11.7. The molecule has 0 aliphatic rings. The summed E-state index contributed by atoms with van der Waals surface area (Å²) in [5, 5.41) is 15.9. The fourth-order valence-corrected chi connectivity index (χ4v) is 3.35. The highest BCUT2D eigenvalue weighted by atomic mass is 16.6. The Labute approximate surface area is 187 Å². The van der Waals surface area contributed by atoms with Gasteiger partial charge in [-0.1, -0.05) is 30.3 Å². The number of para-hydroxylation sites is 1. The molecular formula is C23H27N7O2. The quantitative estimate of drug-likeness (QED) is 0.295. The number of benzene rings is 2. The topological polar surface area (TPSA) is 99.8 Å². The lowest BCUT2D eigenvalue weighted by Crippen LogP contribution is -2.21. The Morgan fingerprint density at radius 2 is 1.69 bits per heavy atom. The molecule has 3 rings (SSSR count). The first-order valence-corrected chi connectivity index (χ1v) is 10.4. The van der Waals surface area contributed by atoms with Crippen LogP contribution in [0.3, 0.4) is 0 Å². The van der Waals surface area contributed by atoms with Crippen LogP contribution in [0.2, 0.25) is 0 Å². The summed E-state index contributed by atoms with van der Waals surface area (Å²) in [6.45, 7) is 7.73. The van der Waals surface area contributed by atoms with E-state index < -0.39 is 4.92 Å². The van der Waals surface area contributed by atoms with Crippen molar-refractivity contribution in [1.82, 2.24) is 9.97 Å². The molecule has 2 aromatic carbocycles. The zero-order valence-corrected chi connectivity index (χ0v) is 18.7. The summed E-state index contributed by atoms with van der Waals surface area (Å²) >= 11 is 0. The number of hydrogen-bond acceptors (Lipinski definition) is 8. The highest BCUT2D eigenvalue weighted by Crippen LogP contribution is 2.33. The number of nitrogens with one attached hydrogen (secondary N) is 1. The van der Waals surface area contributed by atoms with Crippen LogP contribution in [-0.2, 0) is 0 Å². The minimum absolute atomic E-state index is 0.141. The van der Waals surface area contributed by atoms with Crippen molar-refractivity contribution in [3.8, 4) is 0 Å². The van der Waals surface area contributed by atoms with Gasteiger partial charge in [0.2, 0.25) is 11.8 Å². The maximum Gasteiger partial charge on any atom is 0.333 e. The predicted octanol–water partition coefficient (Wildman–Crippen LogP) is 4.75. The molecule has 0 saturated heterocycles. The van der Waals surface area contributed by atoms with Gasteiger partial charge < -0.3 is 9.80 Å². The third-order valence-electron chi connectivity index (χ3n) is 5.08. The molecule has 1 N–H and O–H groups in total. The van der Waals surface area contributed by atoms with E-state index >= 15 is 0 Å². The van der Waals surface area contributed by atoms with Crippen molar-refractivity contribution >= 4 is 35.0 Å². The average molecular weight is 434 g/mol. The van der Waals surface area contributed by atoms with Gasteiger partial charge in [-0.25, -0.2) is 10.4 Å². The zero-order valence-electron chi connectivity index (χ0n) is 18.7. The largest absolute Gasteiger partial charge is 0.372 e. The Morgan fingerprint density at radius 3 is 2.28 bits per heavy atom. The Morgan fingerprint density at radius 1 is 1.03 bits per heavy atom. The minimum Gasteiger partial charge on any atom is -0.372 e. The van der Waals surface area contributed by atoms with Crippen molar-refractivity contribution in [1.29, 1.82) is 0 Å². The lowest BCUT2D eigenvalue weighted by Gasteiger charge is -2.20. The van der Waals surface area contributed by atoms with Crippen molar-refractivity contribution in [2.45, 2.75) is 20.8 Å². The van der Waals surface area contributed by atoms with E-state index in [0.717, 1.165) is 30.0 Å². The van der Waals surface area contributed by atoms with E-state index in [1.54, 1.807) is 25.1 Å². The van der Waals surface area contributed by atoms with Gasteiger partial charge in [0.1, 0.15) is 5.69 Å². The second kappa shape index (κ2) is 10.3. The van der Waals surface area contributed by atoms with E-state index in [4.69, 9.17) is 0 Å². The van der Waals surface area contributed by atoms with Crippen molar-refractivity contribution in [2.75, 3.05) is 35.4 Å². The second-order valence-corrected chi connectivity index (χ2v) is 7.09. The van der Waals surface area contributed by atoms with Crippen molar-refractivity contribution < 1.29 is 4.92 Å². The lowest BCUT2D eigenvalue weighted by atomic mass is 10.2. The van der Waals surface area contributed by atoms with Crippen LogP contribution in [0.25, 0.3) is 0 Å². The van der Waals surface area contributed by atoms with Gasteiger partial charge >= 0.3 is 5.69 Å². The molecule has 0 unspecified atom stereocenters. The highest BCUT2D eigenvalue weighted by Gasteiger charge is 2.25. The molecule has 0 fully saturated rings. The number of nitro groups is 1. The first-order valence-electron chi connectivity index (χ1n) is 10.4. The van der Waals surface area contributed by atoms with Crippen LogP contribution in [0.4, 0.5) is 28.8 Å². The van der Waals surface area contributed by atoms with Gasteiger partial charge in [-0.2, -0.15) is 10.1 Å². The second-order valence-electron chi connectivity index (χ2n) is 7.09. The molecule has 166 valence electrons. The van der Waals surface area contributed by atoms with Crippen LogP contribution in [0.15, 0.2) is 59.7 Å². The first-order chi connectivity index (χ1) is 15.4. The summed E-state index contributed by atoms with van der Waals surface area (Å²) in [5.41, 5.74) is 5.75. The van der Waals surface area contributed by atoms with E-state index in [-0.39, 0.29) is 23.1 Å². The molecule has 0 atom stereocenters. The molecule has 3 aromatic rings. The molecule has 9 nitrogen and oxygen atoms in total. The van der Waals surface area contributed by atoms with Crippen LogP contribution >= 0.6 is 0 Å². The van der Waals surface area contributed by atoms with E-state index in [1.165, 1.54) is 0 Å². The molecular weight excluding hydrogens is 406 g/mol. The molecule has 0 spiro atoms. The fraction of sp³-hybridized carbons (Fsp3) is 0.261. The summed E-state index contributed by atoms with van der Waals surface area (Å²) in [5.74, 6) is 0.372. The van der Waals surface area contributed by atoms with Gasteiger partial charge in [-0.3, -0.25) is 10.1 Å². The number of aromatic nitrogens is 2. The monoisotopic (exact) mass is 433 g/mol. The number of hydrazone groups is 1. The molecule has 0 aliphatic carbocycles. The molecule has 1 aromatic heterocycles. The molecule has 0 aliphatic heterocycles. The minimum atomic E-state index is -0.464. The van der Waals surface area contributed by atoms with Gasteiger partial charge in [-0.15, -0.1) is 0 Å². The SMILES string of the molecule is CCN(CC)c1ccc(/C=N/Nc2nc(C)c([N+](=O)[O-])c(N(C)c3ccccc3)n2)cc1. The summed E-state index contributed by atoms with van der Waals surface area (Å²) in [7, 11) is 1.73. The smallest absolute Gasteiger partial charge is 0.333 e. The van der Waals surface area contributed by atoms with Crippen LogP contribution in [0.5, 0.6) is 0 Å². The van der Waals surface area contributed by atoms with Crippen LogP contribution in [0.1, 0.15) is 25.1 Å². The normalized spacial score (nSPS) is 10.9. The Bertz CT molecular complexity index is 1080. The molecule has 0 amide bonds. The van der Waals surface area contributed by atoms with Gasteiger partial charge in [-0.05, 0) is 50.6 Å². The fourth-order valence-electron chi connectivity index (χ4n) is 3.35. The van der Waals surface area contributed by atoms with Gasteiger partial charge in [0, 0.05) is 31.5 Å². The van der Waals surface area contributed by atoms with Crippen molar-refractivity contribution in [3.05, 3.63) is 76.0 Å². The van der Waals surface area contributed by atoms with Gasteiger partial charge in [0.25, 0.3) is 0 Å². The molecule has 1 heterocycles. The van der Waals surface area contributed by atoms with Crippen molar-refractivity contribution in [3.63, 3.8) is 0 Å². The van der Waals surface area contributed by atoms with E-state index in [1.807, 2.05) is 54.6 Å². The molecule has 0 bridgehead atoms. The third kappa shape index (κ3) is 5.18. The third-order valence-corrected chi connectivity index (χ3v) is 5.08. The summed E-state index contributed by atoms with van der Waals surface area (Å²) < 4.78 is 0. The number of rotatable bonds is 9. The number of nitrogens with zero attached hydrogens (tertiary/aromatic N) is 6. The summed E-state index contributed by atoms with van der Waals surface area (Å²) in [6, 6.07) is 17.4. The van der Waals surface area contributed by atoms with E-state index in [0.29, 0.717) is 0 Å². The predicted molar refractivity (Wildman–Crippen MR) is 129 cm³/mol. The Kier molecular flexibility index (Phi) is 7.33. The Balaban J connectivity index is 1.83. The maximum absolute atomic E-state index is 11.7. The molecule has 9 heteroatoms. The van der Waals surface area contributed by atoms with Crippen LogP contribution in [0, 0.1) is 17.0 Å². The molecule has 0 saturated carbocycles. The molecule has 32 heavy (non-hydrogen) atoms. The number of aryl methyl sites for hydroxylation is 1. The molecule has 0 radical (unpaired) electrons. The van der Waals surface area contributed by atoms with Crippen LogP contribution in [-0.4, -0.2) is 41.2 Å². The Hall–Kier alpha value is -4.01. The van der Waals surface area contributed by atoms with E-state index in [9.17, 15) is 10.1 Å². The summed E-state index contributed by atoms with van der Waals surface area (Å²) in [6.07, 6.45) is 1.66. The van der Waals surface area contributed by atoms with Gasteiger partial charge in [0.15, 0.2) is 0 Å². The highest BCUT2D eigenvalue weighted by molar-refractivity contribution is 5.81. The first kappa shape index (κ1) is 22.7. The average Bonchev–Trinajstić information content (AvgIpc) is 2.80. The van der Waals surface area contributed by atoms with E-state index in [2.05, 4.69) is 39.2 Å². The van der Waals surface area contributed by atoms with Crippen molar-refractivity contribution in [2.24, 2.45) is 5.10 Å². The zero-order chi connectivity index (χ0) is 23.1. The summed E-state index contributed by atoms with van der Waals surface area (Å²) in [4.78, 5) is 23.7. The standard InChI is InChI=1S/C23H27N7O2/c1-5-29(6-2)20-14-12-18(13-15-20)16-24-27-23-25-17(3)21(30(31)32)22(26-23)28(4)19-10-8-7-9-11-19/h7-16H,5-6H2,1-4H3,(H,25,26,27)/b24-16+.